The van der Waals surface area contributed by atoms with Gasteiger partial charge in [-0.05, 0) is 24.5 Å². The number of hydrogen-bond acceptors (Lipinski definition) is 4. The van der Waals surface area contributed by atoms with Crippen LogP contribution in [-0.2, 0) is 10.0 Å². The highest BCUT2D eigenvalue weighted by Crippen LogP contribution is 2.25. The second-order valence-electron chi connectivity index (χ2n) is 5.38. The molecule has 0 radical (unpaired) electrons. The fraction of sp³-hybridized carbons (Fsp3) is 0.571. The summed E-state index contributed by atoms with van der Waals surface area (Å²) in [5.74, 6) is -0.527. The van der Waals surface area contributed by atoms with Gasteiger partial charge in [0, 0.05) is 12.7 Å². The van der Waals surface area contributed by atoms with Gasteiger partial charge in [-0.1, -0.05) is 32.1 Å². The minimum Gasteiger partial charge on any atom is -0.478 e. The summed E-state index contributed by atoms with van der Waals surface area (Å²) in [5, 5.41) is 8.62. The van der Waals surface area contributed by atoms with Crippen molar-refractivity contribution in [3.63, 3.8) is 0 Å². The molecular weight excluding hydrogens is 292 g/mol. The molecule has 0 aromatic carbocycles. The van der Waals surface area contributed by atoms with Gasteiger partial charge < -0.3 is 5.11 Å². The number of hydrogen-bond donors (Lipinski definition) is 2. The molecule has 21 heavy (non-hydrogen) atoms. The molecule has 2 rings (SSSR count). The number of carboxylic acid groups (broad SMARTS) is 1. The van der Waals surface area contributed by atoms with Gasteiger partial charge >= 0.3 is 5.97 Å². The van der Waals surface area contributed by atoms with Gasteiger partial charge in [-0.25, -0.2) is 22.9 Å². The molecule has 1 aromatic heterocycles. The molecule has 7 heteroatoms. The predicted octanol–water partition coefficient (Wildman–Crippen LogP) is 2.03. The zero-order chi connectivity index (χ0) is 15.3. The Kier molecular flexibility index (Phi) is 5.30. The molecule has 0 aliphatic heterocycles. The Morgan fingerprint density at radius 2 is 2.00 bits per heavy atom. The number of aromatic carboxylic acids is 1. The van der Waals surface area contributed by atoms with E-state index in [1.165, 1.54) is 44.2 Å². The molecule has 6 nitrogen and oxygen atoms in total. The summed E-state index contributed by atoms with van der Waals surface area (Å²) in [6, 6.07) is 2.46. The van der Waals surface area contributed by atoms with E-state index in [0.717, 1.165) is 12.6 Å². The highest BCUT2D eigenvalue weighted by molar-refractivity contribution is 7.89. The van der Waals surface area contributed by atoms with E-state index >= 15 is 0 Å². The van der Waals surface area contributed by atoms with E-state index in [2.05, 4.69) is 9.71 Å². The molecule has 0 atom stereocenters. The quantitative estimate of drug-likeness (QED) is 0.837. The first-order valence-electron chi connectivity index (χ1n) is 7.18. The molecule has 1 heterocycles. The SMILES string of the molecule is O=C(O)c1ccc(S(=O)(=O)NCCC2CCCCC2)nc1. The van der Waals surface area contributed by atoms with Crippen molar-refractivity contribution in [3.05, 3.63) is 23.9 Å². The first-order valence-corrected chi connectivity index (χ1v) is 8.66. The van der Waals surface area contributed by atoms with Crippen LogP contribution in [0.2, 0.25) is 0 Å². The molecular formula is C14H20N2O4S. The maximum Gasteiger partial charge on any atom is 0.337 e. The third-order valence-electron chi connectivity index (χ3n) is 3.83. The van der Waals surface area contributed by atoms with Gasteiger partial charge in [-0.3, -0.25) is 0 Å². The van der Waals surface area contributed by atoms with Crippen LogP contribution in [0.1, 0.15) is 48.9 Å². The Bertz CT molecular complexity index is 577. The van der Waals surface area contributed by atoms with E-state index < -0.39 is 16.0 Å². The smallest absolute Gasteiger partial charge is 0.337 e. The number of aromatic nitrogens is 1. The topological polar surface area (TPSA) is 96.4 Å². The second kappa shape index (κ2) is 7.00. The summed E-state index contributed by atoms with van der Waals surface area (Å²) in [4.78, 5) is 14.4. The molecule has 1 aliphatic carbocycles. The van der Waals surface area contributed by atoms with E-state index in [-0.39, 0.29) is 10.6 Å². The van der Waals surface area contributed by atoms with Crippen LogP contribution in [0, 0.1) is 5.92 Å². The lowest BCUT2D eigenvalue weighted by Crippen LogP contribution is -2.27. The normalized spacial score (nSPS) is 16.8. The van der Waals surface area contributed by atoms with Crippen molar-refractivity contribution in [2.24, 2.45) is 5.92 Å². The molecule has 0 spiro atoms. The van der Waals surface area contributed by atoms with Crippen LogP contribution < -0.4 is 4.72 Å². The molecule has 1 aliphatic rings. The summed E-state index contributed by atoms with van der Waals surface area (Å²) in [5.41, 5.74) is -0.0313. The molecule has 1 saturated carbocycles. The molecule has 116 valence electrons. The zero-order valence-corrected chi connectivity index (χ0v) is 12.6. The van der Waals surface area contributed by atoms with Gasteiger partial charge in [0.1, 0.15) is 0 Å². The van der Waals surface area contributed by atoms with Gasteiger partial charge in [-0.15, -0.1) is 0 Å². The summed E-state index contributed by atoms with van der Waals surface area (Å²) in [6.07, 6.45) is 7.98. The van der Waals surface area contributed by atoms with Crippen LogP contribution in [0.25, 0.3) is 0 Å². The van der Waals surface area contributed by atoms with Crippen LogP contribution in [-0.4, -0.2) is 31.0 Å². The van der Waals surface area contributed by atoms with Crippen molar-refractivity contribution < 1.29 is 18.3 Å². The van der Waals surface area contributed by atoms with Crippen LogP contribution in [0.4, 0.5) is 0 Å². The maximum atomic E-state index is 12.0. The molecule has 0 bridgehead atoms. The molecule has 1 fully saturated rings. The lowest BCUT2D eigenvalue weighted by molar-refractivity contribution is 0.0696. The number of carbonyl (C=O) groups is 1. The predicted molar refractivity (Wildman–Crippen MR) is 77.6 cm³/mol. The van der Waals surface area contributed by atoms with Gasteiger partial charge in [0.05, 0.1) is 5.56 Å². The van der Waals surface area contributed by atoms with Crippen molar-refractivity contribution in [2.75, 3.05) is 6.54 Å². The van der Waals surface area contributed by atoms with Crippen LogP contribution in [0.5, 0.6) is 0 Å². The number of carboxylic acids is 1. The van der Waals surface area contributed by atoms with Gasteiger partial charge in [0.15, 0.2) is 5.03 Å². The summed E-state index contributed by atoms with van der Waals surface area (Å²) in [6.45, 7) is 0.398. The fourth-order valence-corrected chi connectivity index (χ4v) is 3.59. The van der Waals surface area contributed by atoms with Crippen molar-refractivity contribution in [3.8, 4) is 0 Å². The highest BCUT2D eigenvalue weighted by Gasteiger charge is 2.18. The van der Waals surface area contributed by atoms with E-state index in [1.807, 2.05) is 0 Å². The minimum atomic E-state index is -3.66. The molecule has 1 aromatic rings. The first kappa shape index (κ1) is 15.9. The largest absolute Gasteiger partial charge is 0.478 e. The van der Waals surface area contributed by atoms with E-state index in [4.69, 9.17) is 5.11 Å². The maximum absolute atomic E-state index is 12.0. The summed E-state index contributed by atoms with van der Waals surface area (Å²) < 4.78 is 26.6. The monoisotopic (exact) mass is 312 g/mol. The zero-order valence-electron chi connectivity index (χ0n) is 11.8. The van der Waals surface area contributed by atoms with Crippen LogP contribution >= 0.6 is 0 Å². The van der Waals surface area contributed by atoms with E-state index in [9.17, 15) is 13.2 Å². The summed E-state index contributed by atoms with van der Waals surface area (Å²) in [7, 11) is -3.66. The number of nitrogens with zero attached hydrogens (tertiary/aromatic N) is 1. The lowest BCUT2D eigenvalue weighted by atomic mass is 9.87. The number of rotatable bonds is 6. The average molecular weight is 312 g/mol. The van der Waals surface area contributed by atoms with Gasteiger partial charge in [0.2, 0.25) is 0 Å². The fourth-order valence-electron chi connectivity index (χ4n) is 2.61. The van der Waals surface area contributed by atoms with Crippen LogP contribution in [0.3, 0.4) is 0 Å². The summed E-state index contributed by atoms with van der Waals surface area (Å²) >= 11 is 0. The number of sulfonamides is 1. The Hall–Kier alpha value is -1.47. The molecule has 0 saturated heterocycles. The van der Waals surface area contributed by atoms with Gasteiger partial charge in [0.25, 0.3) is 10.0 Å². The van der Waals surface area contributed by atoms with Crippen LogP contribution in [0.15, 0.2) is 23.4 Å². The number of pyridine rings is 1. The van der Waals surface area contributed by atoms with Gasteiger partial charge in [-0.2, -0.15) is 0 Å². The Balaban J connectivity index is 1.90. The van der Waals surface area contributed by atoms with Crippen molar-refractivity contribution in [1.82, 2.24) is 9.71 Å². The Labute approximate surface area is 124 Å². The lowest BCUT2D eigenvalue weighted by Gasteiger charge is -2.21. The van der Waals surface area contributed by atoms with E-state index in [1.54, 1.807) is 0 Å². The number of nitrogens with one attached hydrogen (secondary N) is 1. The van der Waals surface area contributed by atoms with Crippen molar-refractivity contribution in [2.45, 2.75) is 43.6 Å². The van der Waals surface area contributed by atoms with E-state index in [0.29, 0.717) is 12.5 Å². The Morgan fingerprint density at radius 1 is 1.29 bits per heavy atom. The highest BCUT2D eigenvalue weighted by atomic mass is 32.2. The van der Waals surface area contributed by atoms with Crippen molar-refractivity contribution >= 4 is 16.0 Å². The third kappa shape index (κ3) is 4.50. The first-order chi connectivity index (χ1) is 9.99. The standard InChI is InChI=1S/C14H20N2O4S/c17-14(18)12-6-7-13(15-10-12)21(19,20)16-9-8-11-4-2-1-3-5-11/h6-7,10-11,16H,1-5,8-9H2,(H,17,18). The van der Waals surface area contributed by atoms with Crippen molar-refractivity contribution in [1.29, 1.82) is 0 Å². The second-order valence-corrected chi connectivity index (χ2v) is 7.09. The Morgan fingerprint density at radius 3 is 2.57 bits per heavy atom. The average Bonchev–Trinajstić information content (AvgIpc) is 2.48. The third-order valence-corrected chi connectivity index (χ3v) is 5.20. The minimum absolute atomic E-state index is 0.0313. The molecule has 0 amide bonds. The molecule has 2 N–H and O–H groups in total. The molecule has 0 unspecified atom stereocenters.